The van der Waals surface area contributed by atoms with Gasteiger partial charge in [-0.3, -0.25) is 0 Å². The summed E-state index contributed by atoms with van der Waals surface area (Å²) in [5.41, 5.74) is -1.43. The third-order valence-electron chi connectivity index (χ3n) is 5.53. The summed E-state index contributed by atoms with van der Waals surface area (Å²) in [6.07, 6.45) is 12.9. The van der Waals surface area contributed by atoms with Crippen molar-refractivity contribution in [2.24, 2.45) is 11.8 Å². The largest absolute Gasteiger partial charge is 0.678 e. The topological polar surface area (TPSA) is 47.9 Å². The van der Waals surface area contributed by atoms with E-state index in [9.17, 15) is 4.80 Å². The fourth-order valence-electron chi connectivity index (χ4n) is 2.65. The molecule has 0 saturated carbocycles. The summed E-state index contributed by atoms with van der Waals surface area (Å²) >= 11 is 0. The molecule has 2 rings (SSSR count). The lowest BCUT2D eigenvalue weighted by atomic mass is 10.1. The minimum Gasteiger partial charge on any atom is -0.367 e. The number of allylic oxidation sites excluding steroid dienone is 4. The maximum atomic E-state index is 10.9. The highest BCUT2D eigenvalue weighted by Crippen LogP contribution is 2.32. The molecule has 2 bridgehead atoms. The monoisotopic (exact) mass is 398 g/mol. The van der Waals surface area contributed by atoms with Gasteiger partial charge in [0.1, 0.15) is 0 Å². The third kappa shape index (κ3) is 8.61. The van der Waals surface area contributed by atoms with Crippen LogP contribution in [0.25, 0.3) is 0 Å². The minimum atomic E-state index is -3.72. The summed E-state index contributed by atoms with van der Waals surface area (Å²) in [6.45, 7) is 17.7. The van der Waals surface area contributed by atoms with Crippen LogP contribution in [0.5, 0.6) is 0 Å². The van der Waals surface area contributed by atoms with E-state index in [1.165, 1.54) is 6.42 Å². The van der Waals surface area contributed by atoms with Crippen LogP contribution in [0, 0.1) is 11.8 Å². The SMILES string of the molecule is C1=CC2C=CC1C2.CCC(C)(C)O[Si](O)(OC(C)(C)CC)OC(C)(C)CC. The van der Waals surface area contributed by atoms with Gasteiger partial charge in [-0.15, -0.1) is 0 Å². The predicted octanol–water partition coefficient (Wildman–Crippen LogP) is 5.78. The molecule has 27 heavy (non-hydrogen) atoms. The third-order valence-corrected chi connectivity index (χ3v) is 7.96. The van der Waals surface area contributed by atoms with Crippen molar-refractivity contribution in [1.82, 2.24) is 0 Å². The van der Waals surface area contributed by atoms with E-state index in [-0.39, 0.29) is 0 Å². The van der Waals surface area contributed by atoms with Gasteiger partial charge in [0.15, 0.2) is 0 Å². The van der Waals surface area contributed by atoms with Crippen LogP contribution in [-0.2, 0) is 13.3 Å². The molecule has 0 heterocycles. The van der Waals surface area contributed by atoms with Crippen molar-refractivity contribution in [3.8, 4) is 0 Å². The first-order chi connectivity index (χ1) is 12.3. The first-order valence-corrected chi connectivity index (χ1v) is 12.1. The molecule has 0 atom stereocenters. The number of hydrogen-bond acceptors (Lipinski definition) is 4. The zero-order chi connectivity index (χ0) is 20.9. The van der Waals surface area contributed by atoms with Gasteiger partial charge in [0, 0.05) is 0 Å². The van der Waals surface area contributed by atoms with Crippen molar-refractivity contribution in [3.05, 3.63) is 24.3 Å². The van der Waals surface area contributed by atoms with E-state index >= 15 is 0 Å². The van der Waals surface area contributed by atoms with Gasteiger partial charge in [-0.05, 0) is 79.1 Å². The van der Waals surface area contributed by atoms with Crippen LogP contribution in [-0.4, -0.2) is 30.6 Å². The van der Waals surface area contributed by atoms with E-state index in [2.05, 4.69) is 24.3 Å². The lowest BCUT2D eigenvalue weighted by Gasteiger charge is -2.40. The summed E-state index contributed by atoms with van der Waals surface area (Å²) in [4.78, 5) is 10.9. The summed E-state index contributed by atoms with van der Waals surface area (Å²) in [5.74, 6) is 1.62. The van der Waals surface area contributed by atoms with Crippen molar-refractivity contribution in [2.45, 2.75) is 105 Å². The average Bonchev–Trinajstić information content (AvgIpc) is 3.19. The fourth-order valence-corrected chi connectivity index (χ4v) is 5.31. The molecule has 2 aliphatic carbocycles. The Balaban J connectivity index is 0.000000420. The van der Waals surface area contributed by atoms with E-state index in [1.54, 1.807) is 0 Å². The molecule has 0 aromatic carbocycles. The van der Waals surface area contributed by atoms with Crippen molar-refractivity contribution in [3.63, 3.8) is 0 Å². The average molecular weight is 399 g/mol. The Kier molecular flexibility index (Phi) is 8.52. The molecule has 0 aromatic rings. The van der Waals surface area contributed by atoms with Gasteiger partial charge < -0.3 is 18.1 Å². The van der Waals surface area contributed by atoms with Crippen molar-refractivity contribution < 1.29 is 18.1 Å². The first-order valence-electron chi connectivity index (χ1n) is 10.4. The molecule has 0 amide bonds. The Labute approximate surface area is 168 Å². The fraction of sp³-hybridized carbons (Fsp3) is 0.818. The summed E-state index contributed by atoms with van der Waals surface area (Å²) < 4.78 is 17.7. The van der Waals surface area contributed by atoms with Crippen LogP contribution in [0.3, 0.4) is 0 Å². The minimum absolute atomic E-state index is 0.478. The Morgan fingerprint density at radius 3 is 1.11 bits per heavy atom. The second-order valence-corrected chi connectivity index (χ2v) is 11.2. The van der Waals surface area contributed by atoms with Crippen molar-refractivity contribution in [2.75, 3.05) is 0 Å². The van der Waals surface area contributed by atoms with Crippen molar-refractivity contribution in [1.29, 1.82) is 0 Å². The van der Waals surface area contributed by atoms with Crippen LogP contribution in [0.4, 0.5) is 0 Å². The highest BCUT2D eigenvalue weighted by Gasteiger charge is 2.52. The molecule has 0 saturated heterocycles. The van der Waals surface area contributed by atoms with Gasteiger partial charge in [-0.1, -0.05) is 45.1 Å². The molecule has 0 fully saturated rings. The Morgan fingerprint density at radius 2 is 0.963 bits per heavy atom. The van der Waals surface area contributed by atoms with Gasteiger partial charge in [-0.25, -0.2) is 0 Å². The van der Waals surface area contributed by atoms with Crippen LogP contribution < -0.4 is 0 Å². The zero-order valence-electron chi connectivity index (χ0n) is 19.0. The predicted molar refractivity (Wildman–Crippen MR) is 114 cm³/mol. The first kappa shape index (κ1) is 24.6. The molecule has 5 heteroatoms. The van der Waals surface area contributed by atoms with Gasteiger partial charge in [0.25, 0.3) is 0 Å². The molecular weight excluding hydrogens is 356 g/mol. The second kappa shape index (κ2) is 9.36. The zero-order valence-corrected chi connectivity index (χ0v) is 20.0. The molecule has 0 aliphatic heterocycles. The molecule has 0 spiro atoms. The second-order valence-electron chi connectivity index (χ2n) is 9.50. The van der Waals surface area contributed by atoms with E-state index < -0.39 is 25.9 Å². The molecule has 0 radical (unpaired) electrons. The number of fused-ring (bicyclic) bond motifs is 2. The van der Waals surface area contributed by atoms with E-state index in [4.69, 9.17) is 13.3 Å². The van der Waals surface area contributed by atoms with Crippen LogP contribution >= 0.6 is 0 Å². The van der Waals surface area contributed by atoms with Gasteiger partial charge >= 0.3 is 9.05 Å². The maximum absolute atomic E-state index is 10.9. The molecule has 4 nitrogen and oxygen atoms in total. The van der Waals surface area contributed by atoms with E-state index in [0.29, 0.717) is 0 Å². The molecule has 0 aromatic heterocycles. The van der Waals surface area contributed by atoms with Gasteiger partial charge in [0.2, 0.25) is 0 Å². The highest BCUT2D eigenvalue weighted by atomic mass is 28.4. The summed E-state index contributed by atoms with van der Waals surface area (Å²) in [5, 5.41) is 0. The molecule has 2 aliphatic rings. The highest BCUT2D eigenvalue weighted by molar-refractivity contribution is 6.52. The van der Waals surface area contributed by atoms with Gasteiger partial charge in [-0.2, -0.15) is 0 Å². The lowest BCUT2D eigenvalue weighted by Crippen LogP contribution is -2.58. The van der Waals surface area contributed by atoms with Crippen molar-refractivity contribution >= 4 is 9.05 Å². The quantitative estimate of drug-likeness (QED) is 0.395. The normalized spacial score (nSPS) is 22.1. The number of rotatable bonds is 9. The maximum Gasteiger partial charge on any atom is 0.678 e. The molecule has 1 N–H and O–H groups in total. The van der Waals surface area contributed by atoms with E-state index in [0.717, 1.165) is 31.1 Å². The molecular formula is C22H42O4Si. The Morgan fingerprint density at radius 1 is 0.704 bits per heavy atom. The van der Waals surface area contributed by atoms with E-state index in [1.807, 2.05) is 62.3 Å². The summed E-state index contributed by atoms with van der Waals surface area (Å²) in [6, 6.07) is 0. The molecule has 158 valence electrons. The Bertz CT molecular complexity index is 449. The lowest BCUT2D eigenvalue weighted by molar-refractivity contribution is -0.132. The van der Waals surface area contributed by atoms with Gasteiger partial charge in [0.05, 0.1) is 16.8 Å². The number of hydrogen-bond donors (Lipinski definition) is 1. The Hall–Kier alpha value is -0.463. The summed E-state index contributed by atoms with van der Waals surface area (Å²) in [7, 11) is -3.72. The molecule has 0 unspecified atom stereocenters. The van der Waals surface area contributed by atoms with Crippen LogP contribution in [0.2, 0.25) is 0 Å². The smallest absolute Gasteiger partial charge is 0.367 e. The standard InChI is InChI=1S/C15H34O4Si.C7H8/c1-10-13(4,5)17-20(16,18-14(6,7)11-2)19-15(8,9)12-3;1-2-7-4-3-6(1)5-7/h16H,10-12H2,1-9H3;1-4,6-7H,5H2. The van der Waals surface area contributed by atoms with Crippen LogP contribution in [0.1, 0.15) is 88.0 Å². The van der Waals surface area contributed by atoms with Crippen LogP contribution in [0.15, 0.2) is 24.3 Å².